The van der Waals surface area contributed by atoms with Gasteiger partial charge in [0.1, 0.15) is 23.1 Å². The molecule has 0 heterocycles. The van der Waals surface area contributed by atoms with Crippen molar-refractivity contribution in [3.05, 3.63) is 47.5 Å². The van der Waals surface area contributed by atoms with Crippen LogP contribution in [0.25, 0.3) is 0 Å². The van der Waals surface area contributed by atoms with Gasteiger partial charge in [-0.1, -0.05) is 0 Å². The average molecular weight is 272 g/mol. The first-order valence-corrected chi connectivity index (χ1v) is 6.02. The van der Waals surface area contributed by atoms with Crippen molar-refractivity contribution in [3.63, 3.8) is 0 Å². The van der Waals surface area contributed by atoms with Gasteiger partial charge in [0.25, 0.3) is 0 Å². The second-order valence-electron chi connectivity index (χ2n) is 4.35. The van der Waals surface area contributed by atoms with Crippen molar-refractivity contribution in [2.45, 2.75) is 6.92 Å². The zero-order valence-corrected chi connectivity index (χ0v) is 11.3. The molecule has 0 spiro atoms. The van der Waals surface area contributed by atoms with Crippen molar-refractivity contribution in [3.8, 4) is 17.2 Å². The Morgan fingerprint density at radius 2 is 1.75 bits per heavy atom. The van der Waals surface area contributed by atoms with Crippen molar-refractivity contribution in [1.82, 2.24) is 0 Å². The standard InChI is InChI=1S/C15H16N2O3/c1-9-7-12(14(19)8-13(9)18)15(16)17-10-3-5-11(20-2)6-4-10/h3-8,18-19H,1-2H3,(H2,16,17). The number of aromatic hydroxyl groups is 2. The lowest BCUT2D eigenvalue weighted by Gasteiger charge is -2.07. The molecule has 4 N–H and O–H groups in total. The minimum atomic E-state index is -0.108. The van der Waals surface area contributed by atoms with E-state index < -0.39 is 0 Å². The van der Waals surface area contributed by atoms with Crippen LogP contribution in [0.4, 0.5) is 5.69 Å². The highest BCUT2D eigenvalue weighted by atomic mass is 16.5. The number of benzene rings is 2. The molecular formula is C15H16N2O3. The van der Waals surface area contributed by atoms with Crippen LogP contribution in [0.2, 0.25) is 0 Å². The van der Waals surface area contributed by atoms with Crippen LogP contribution < -0.4 is 10.5 Å². The van der Waals surface area contributed by atoms with E-state index >= 15 is 0 Å². The molecule has 0 aromatic heterocycles. The number of nitrogens with zero attached hydrogens (tertiary/aromatic N) is 1. The summed E-state index contributed by atoms with van der Waals surface area (Å²) in [6.45, 7) is 1.72. The molecule has 0 fully saturated rings. The topological polar surface area (TPSA) is 88.1 Å². The third kappa shape index (κ3) is 2.83. The van der Waals surface area contributed by atoms with E-state index in [1.165, 1.54) is 6.07 Å². The fourth-order valence-corrected chi connectivity index (χ4v) is 1.75. The van der Waals surface area contributed by atoms with Gasteiger partial charge in [0.2, 0.25) is 0 Å². The quantitative estimate of drug-likeness (QED) is 0.591. The summed E-state index contributed by atoms with van der Waals surface area (Å²) in [6, 6.07) is 9.90. The van der Waals surface area contributed by atoms with Crippen LogP contribution in [0.3, 0.4) is 0 Å². The number of ether oxygens (including phenoxy) is 1. The molecule has 0 bridgehead atoms. The van der Waals surface area contributed by atoms with Crippen LogP contribution >= 0.6 is 0 Å². The summed E-state index contributed by atoms with van der Waals surface area (Å²) in [6.07, 6.45) is 0. The number of hydrogen-bond acceptors (Lipinski definition) is 4. The Balaban J connectivity index is 2.36. The maximum atomic E-state index is 9.81. The molecule has 0 saturated carbocycles. The Kier molecular flexibility index (Phi) is 3.79. The van der Waals surface area contributed by atoms with E-state index in [1.54, 1.807) is 44.4 Å². The van der Waals surface area contributed by atoms with Gasteiger partial charge < -0.3 is 20.7 Å². The van der Waals surface area contributed by atoms with E-state index in [0.717, 1.165) is 5.75 Å². The summed E-state index contributed by atoms with van der Waals surface area (Å²) >= 11 is 0. The van der Waals surface area contributed by atoms with E-state index in [4.69, 9.17) is 10.5 Å². The van der Waals surface area contributed by atoms with E-state index in [9.17, 15) is 10.2 Å². The monoisotopic (exact) mass is 272 g/mol. The second kappa shape index (κ2) is 5.52. The zero-order chi connectivity index (χ0) is 14.7. The molecular weight excluding hydrogens is 256 g/mol. The van der Waals surface area contributed by atoms with Crippen molar-refractivity contribution in [2.24, 2.45) is 10.7 Å². The summed E-state index contributed by atoms with van der Waals surface area (Å²) in [5, 5.41) is 19.3. The van der Waals surface area contributed by atoms with E-state index in [0.29, 0.717) is 16.8 Å². The van der Waals surface area contributed by atoms with Gasteiger partial charge in [-0.2, -0.15) is 0 Å². The number of phenolic OH excluding ortho intramolecular Hbond substituents is 2. The van der Waals surface area contributed by atoms with Crippen molar-refractivity contribution < 1.29 is 14.9 Å². The number of rotatable bonds is 3. The lowest BCUT2D eigenvalue weighted by atomic mass is 10.1. The Bertz CT molecular complexity index is 649. The van der Waals surface area contributed by atoms with Crippen LogP contribution in [0.5, 0.6) is 17.2 Å². The number of aliphatic imine (C=N–C) groups is 1. The predicted molar refractivity (Wildman–Crippen MR) is 77.9 cm³/mol. The second-order valence-corrected chi connectivity index (χ2v) is 4.35. The maximum absolute atomic E-state index is 9.81. The third-order valence-corrected chi connectivity index (χ3v) is 2.91. The van der Waals surface area contributed by atoms with Gasteiger partial charge in [0.15, 0.2) is 0 Å². The number of aryl methyl sites for hydroxylation is 1. The molecule has 0 amide bonds. The van der Waals surface area contributed by atoms with Crippen LogP contribution in [0.15, 0.2) is 41.4 Å². The van der Waals surface area contributed by atoms with Gasteiger partial charge in [-0.25, -0.2) is 4.99 Å². The first kappa shape index (κ1) is 13.7. The highest BCUT2D eigenvalue weighted by Crippen LogP contribution is 2.27. The zero-order valence-electron chi connectivity index (χ0n) is 11.3. The number of methoxy groups -OCH3 is 1. The normalized spacial score (nSPS) is 11.4. The smallest absolute Gasteiger partial charge is 0.135 e. The molecule has 0 radical (unpaired) electrons. The van der Waals surface area contributed by atoms with Crippen LogP contribution in [0.1, 0.15) is 11.1 Å². The van der Waals surface area contributed by atoms with E-state index in [1.807, 2.05) is 0 Å². The van der Waals surface area contributed by atoms with E-state index in [2.05, 4.69) is 4.99 Å². The highest BCUT2D eigenvalue weighted by Gasteiger charge is 2.09. The summed E-state index contributed by atoms with van der Waals surface area (Å²) in [4.78, 5) is 4.23. The third-order valence-electron chi connectivity index (χ3n) is 2.91. The van der Waals surface area contributed by atoms with Crippen molar-refractivity contribution in [1.29, 1.82) is 0 Å². The largest absolute Gasteiger partial charge is 0.508 e. The Morgan fingerprint density at radius 1 is 1.10 bits per heavy atom. The Morgan fingerprint density at radius 3 is 2.35 bits per heavy atom. The first-order valence-electron chi connectivity index (χ1n) is 6.02. The number of nitrogens with two attached hydrogens (primary N) is 1. The Hall–Kier alpha value is -2.69. The van der Waals surface area contributed by atoms with Gasteiger partial charge in [0.05, 0.1) is 18.4 Å². The minimum absolute atomic E-state index is 0.0171. The number of hydrogen-bond donors (Lipinski definition) is 3. The number of amidine groups is 1. The maximum Gasteiger partial charge on any atom is 0.135 e. The molecule has 0 unspecified atom stereocenters. The van der Waals surface area contributed by atoms with Crippen LogP contribution in [-0.2, 0) is 0 Å². The summed E-state index contributed by atoms with van der Waals surface area (Å²) < 4.78 is 5.06. The molecule has 5 nitrogen and oxygen atoms in total. The predicted octanol–water partition coefficient (Wildman–Crippen LogP) is 2.45. The minimum Gasteiger partial charge on any atom is -0.508 e. The van der Waals surface area contributed by atoms with Gasteiger partial charge in [-0.05, 0) is 42.8 Å². The van der Waals surface area contributed by atoms with Crippen molar-refractivity contribution >= 4 is 11.5 Å². The summed E-state index contributed by atoms with van der Waals surface area (Å²) in [7, 11) is 1.59. The summed E-state index contributed by atoms with van der Waals surface area (Å²) in [5.74, 6) is 0.813. The van der Waals surface area contributed by atoms with Gasteiger partial charge in [-0.3, -0.25) is 0 Å². The number of phenols is 2. The highest BCUT2D eigenvalue weighted by molar-refractivity contribution is 6.01. The lowest BCUT2D eigenvalue weighted by molar-refractivity contribution is 0.415. The molecule has 0 aliphatic carbocycles. The lowest BCUT2D eigenvalue weighted by Crippen LogP contribution is -2.13. The van der Waals surface area contributed by atoms with E-state index in [-0.39, 0.29) is 17.3 Å². The molecule has 0 saturated heterocycles. The van der Waals surface area contributed by atoms with Crippen LogP contribution in [-0.4, -0.2) is 23.2 Å². The molecule has 0 aliphatic rings. The fourth-order valence-electron chi connectivity index (χ4n) is 1.75. The molecule has 0 aliphatic heterocycles. The van der Waals surface area contributed by atoms with Gasteiger partial charge in [0, 0.05) is 6.07 Å². The van der Waals surface area contributed by atoms with Gasteiger partial charge in [-0.15, -0.1) is 0 Å². The fraction of sp³-hybridized carbons (Fsp3) is 0.133. The molecule has 104 valence electrons. The van der Waals surface area contributed by atoms with Crippen LogP contribution in [0, 0.1) is 6.92 Å². The SMILES string of the molecule is COc1ccc(N=C(N)c2cc(C)c(O)cc2O)cc1. The Labute approximate surface area is 117 Å². The first-order chi connectivity index (χ1) is 9.51. The summed E-state index contributed by atoms with van der Waals surface area (Å²) in [5.41, 5.74) is 7.54. The van der Waals surface area contributed by atoms with Gasteiger partial charge >= 0.3 is 0 Å². The average Bonchev–Trinajstić information content (AvgIpc) is 2.43. The molecule has 0 atom stereocenters. The van der Waals surface area contributed by atoms with Crippen molar-refractivity contribution in [2.75, 3.05) is 7.11 Å². The molecule has 2 aromatic carbocycles. The molecule has 20 heavy (non-hydrogen) atoms. The molecule has 2 rings (SSSR count). The molecule has 5 heteroatoms. The molecule has 2 aromatic rings.